The van der Waals surface area contributed by atoms with Crippen molar-refractivity contribution in [1.82, 2.24) is 5.32 Å². The van der Waals surface area contributed by atoms with Gasteiger partial charge in [0, 0.05) is 5.57 Å². The van der Waals surface area contributed by atoms with Crippen LogP contribution in [0.4, 0.5) is 0 Å². The van der Waals surface area contributed by atoms with Crippen molar-refractivity contribution < 1.29 is 21.9 Å². The summed E-state index contributed by atoms with van der Waals surface area (Å²) in [4.78, 5) is 10.9. The van der Waals surface area contributed by atoms with E-state index >= 15 is 0 Å². The molecule has 0 saturated heterocycles. The molecule has 0 radical (unpaired) electrons. The Morgan fingerprint density at radius 3 is 2.54 bits per heavy atom. The summed E-state index contributed by atoms with van der Waals surface area (Å²) in [5, 5.41) is 2.09. The van der Waals surface area contributed by atoms with Gasteiger partial charge in [-0.05, 0) is 6.42 Å². The van der Waals surface area contributed by atoms with Gasteiger partial charge in [0.1, 0.15) is 6.73 Å². The maximum atomic E-state index is 10.9. The molecule has 0 aromatic rings. The van der Waals surface area contributed by atoms with E-state index in [2.05, 4.69) is 16.1 Å². The first-order valence-electron chi connectivity index (χ1n) is 3.44. The average Bonchev–Trinajstić information content (AvgIpc) is 2.00. The molecular formula is C6H11NO5S. The van der Waals surface area contributed by atoms with Crippen LogP contribution < -0.4 is 5.32 Å². The van der Waals surface area contributed by atoms with E-state index in [1.165, 1.54) is 0 Å². The molecule has 13 heavy (non-hydrogen) atoms. The summed E-state index contributed by atoms with van der Waals surface area (Å²) in [6.45, 7) is 4.54. The lowest BCUT2D eigenvalue weighted by Crippen LogP contribution is -2.28. The lowest BCUT2D eigenvalue weighted by Gasteiger charge is -2.04. The van der Waals surface area contributed by atoms with Crippen molar-refractivity contribution in [3.05, 3.63) is 12.2 Å². The summed E-state index contributed by atoms with van der Waals surface area (Å²) in [5.41, 5.74) is 0.305. The lowest BCUT2D eigenvalue weighted by atomic mass is 10.2. The first kappa shape index (κ1) is 12.1. The van der Waals surface area contributed by atoms with E-state index in [-0.39, 0.29) is 0 Å². The van der Waals surface area contributed by atoms with Crippen molar-refractivity contribution in [2.45, 2.75) is 13.3 Å². The van der Waals surface area contributed by atoms with Gasteiger partial charge in [0.2, 0.25) is 5.91 Å². The van der Waals surface area contributed by atoms with E-state index in [0.717, 1.165) is 0 Å². The van der Waals surface area contributed by atoms with Crippen molar-refractivity contribution in [1.29, 1.82) is 0 Å². The fourth-order valence-electron chi connectivity index (χ4n) is 0.455. The zero-order valence-corrected chi connectivity index (χ0v) is 7.93. The Balaban J connectivity index is 3.79. The summed E-state index contributed by atoms with van der Waals surface area (Å²) in [7, 11) is -4.50. The van der Waals surface area contributed by atoms with Gasteiger partial charge in [0.25, 0.3) is 0 Å². The fraction of sp³-hybridized carbons (Fsp3) is 0.500. The Morgan fingerprint density at radius 1 is 1.62 bits per heavy atom. The molecular weight excluding hydrogens is 198 g/mol. The molecule has 76 valence electrons. The topological polar surface area (TPSA) is 92.7 Å². The van der Waals surface area contributed by atoms with Crippen molar-refractivity contribution in [2.24, 2.45) is 0 Å². The standard InChI is InChI=1S/C6H11NO5S/c1-3-5(2)6(8)7-4-12-13(9,10)11/h2-4H2,1H3,(H,7,8)(H,9,10,11). The summed E-state index contributed by atoms with van der Waals surface area (Å²) in [6.07, 6.45) is 0.456. The van der Waals surface area contributed by atoms with E-state index in [0.29, 0.717) is 12.0 Å². The van der Waals surface area contributed by atoms with Crippen LogP contribution in [0.1, 0.15) is 13.3 Å². The molecule has 0 heterocycles. The molecule has 1 amide bonds. The van der Waals surface area contributed by atoms with E-state index in [4.69, 9.17) is 4.55 Å². The third-order valence-electron chi connectivity index (χ3n) is 1.19. The second-order valence-electron chi connectivity index (χ2n) is 2.15. The summed E-state index contributed by atoms with van der Waals surface area (Å²) in [5.74, 6) is -0.508. The SMILES string of the molecule is C=C(CC)C(=O)NCOS(=O)(=O)O. The number of amides is 1. The minimum atomic E-state index is -4.50. The second-order valence-corrected chi connectivity index (χ2v) is 3.24. The van der Waals surface area contributed by atoms with Crippen LogP contribution in [0.25, 0.3) is 0 Å². The minimum Gasteiger partial charge on any atom is -0.328 e. The smallest absolute Gasteiger partial charge is 0.328 e. The first-order valence-corrected chi connectivity index (χ1v) is 4.81. The molecule has 7 heteroatoms. The first-order chi connectivity index (χ1) is 5.87. The molecule has 0 aliphatic rings. The molecule has 0 aliphatic carbocycles. The Morgan fingerprint density at radius 2 is 2.15 bits per heavy atom. The average molecular weight is 209 g/mol. The van der Waals surface area contributed by atoms with E-state index in [1.54, 1.807) is 6.92 Å². The van der Waals surface area contributed by atoms with Crippen LogP contribution in [0.3, 0.4) is 0 Å². The van der Waals surface area contributed by atoms with E-state index < -0.39 is 23.0 Å². The van der Waals surface area contributed by atoms with Crippen LogP contribution in [0.15, 0.2) is 12.2 Å². The van der Waals surface area contributed by atoms with Crippen LogP contribution in [0.2, 0.25) is 0 Å². The predicted molar refractivity (Wildman–Crippen MR) is 45.1 cm³/mol. The second kappa shape index (κ2) is 4.95. The predicted octanol–water partition coefficient (Wildman–Crippen LogP) is -0.154. The molecule has 0 fully saturated rings. The van der Waals surface area contributed by atoms with Gasteiger partial charge >= 0.3 is 10.4 Å². The lowest BCUT2D eigenvalue weighted by molar-refractivity contribution is -0.118. The summed E-state index contributed by atoms with van der Waals surface area (Å²) >= 11 is 0. The van der Waals surface area contributed by atoms with E-state index in [1.807, 2.05) is 0 Å². The zero-order valence-electron chi connectivity index (χ0n) is 7.11. The number of hydrogen-bond donors (Lipinski definition) is 2. The van der Waals surface area contributed by atoms with Crippen LogP contribution in [-0.2, 0) is 19.4 Å². The van der Waals surface area contributed by atoms with Crippen LogP contribution in [0, 0.1) is 0 Å². The van der Waals surface area contributed by atoms with Gasteiger partial charge in [-0.3, -0.25) is 9.35 Å². The minimum absolute atomic E-state index is 0.305. The number of carbonyl (C=O) groups excluding carboxylic acids is 1. The molecule has 0 atom stereocenters. The fourth-order valence-corrected chi connectivity index (χ4v) is 0.663. The van der Waals surface area contributed by atoms with Gasteiger partial charge in [-0.15, -0.1) is 0 Å². The van der Waals surface area contributed by atoms with Crippen LogP contribution >= 0.6 is 0 Å². The molecule has 0 aromatic carbocycles. The molecule has 0 unspecified atom stereocenters. The highest BCUT2D eigenvalue weighted by Crippen LogP contribution is 1.95. The van der Waals surface area contributed by atoms with Gasteiger partial charge in [0.05, 0.1) is 0 Å². The van der Waals surface area contributed by atoms with Gasteiger partial charge in [-0.2, -0.15) is 8.42 Å². The van der Waals surface area contributed by atoms with Gasteiger partial charge in [0.15, 0.2) is 0 Å². The Bertz CT molecular complexity index is 294. The number of hydrogen-bond acceptors (Lipinski definition) is 4. The van der Waals surface area contributed by atoms with Crippen LogP contribution in [0.5, 0.6) is 0 Å². The van der Waals surface area contributed by atoms with Crippen molar-refractivity contribution in [2.75, 3.05) is 6.73 Å². The van der Waals surface area contributed by atoms with Crippen molar-refractivity contribution >= 4 is 16.3 Å². The third kappa shape index (κ3) is 6.26. The van der Waals surface area contributed by atoms with E-state index in [9.17, 15) is 13.2 Å². The largest absolute Gasteiger partial charge is 0.399 e. The molecule has 0 bridgehead atoms. The Kier molecular flexibility index (Phi) is 4.60. The van der Waals surface area contributed by atoms with Gasteiger partial charge in [-0.25, -0.2) is 4.18 Å². The molecule has 0 spiro atoms. The van der Waals surface area contributed by atoms with Gasteiger partial charge < -0.3 is 5.32 Å². The third-order valence-corrected chi connectivity index (χ3v) is 1.60. The van der Waals surface area contributed by atoms with Crippen molar-refractivity contribution in [3.8, 4) is 0 Å². The Hall–Kier alpha value is -0.920. The van der Waals surface area contributed by atoms with Crippen molar-refractivity contribution in [3.63, 3.8) is 0 Å². The maximum absolute atomic E-state index is 10.9. The molecule has 0 rings (SSSR count). The quantitative estimate of drug-likeness (QED) is 0.373. The number of carbonyl (C=O) groups is 1. The van der Waals surface area contributed by atoms with Crippen LogP contribution in [-0.4, -0.2) is 25.6 Å². The maximum Gasteiger partial charge on any atom is 0.399 e. The molecule has 6 nitrogen and oxygen atoms in total. The Labute approximate surface area is 76.5 Å². The summed E-state index contributed by atoms with van der Waals surface area (Å²) < 4.78 is 32.0. The highest BCUT2D eigenvalue weighted by atomic mass is 32.3. The highest BCUT2D eigenvalue weighted by molar-refractivity contribution is 7.80. The normalized spacial score (nSPS) is 10.9. The number of nitrogens with one attached hydrogen (secondary N) is 1. The molecule has 2 N–H and O–H groups in total. The highest BCUT2D eigenvalue weighted by Gasteiger charge is 2.07. The zero-order chi connectivity index (χ0) is 10.5. The summed E-state index contributed by atoms with van der Waals surface area (Å²) in [6, 6.07) is 0. The molecule has 0 aromatic heterocycles. The molecule has 0 aliphatic heterocycles. The number of rotatable bonds is 5. The monoisotopic (exact) mass is 209 g/mol. The van der Waals surface area contributed by atoms with Gasteiger partial charge in [-0.1, -0.05) is 13.5 Å². The molecule has 0 saturated carbocycles.